The molecule has 0 unspecified atom stereocenters. The molecular weight excluding hydrogens is 398 g/mol. The number of aromatic amines is 1. The Morgan fingerprint density at radius 2 is 1.94 bits per heavy atom. The number of aryl methyl sites for hydroxylation is 1. The first-order valence-corrected chi connectivity index (χ1v) is 10.1. The highest BCUT2D eigenvalue weighted by Crippen LogP contribution is 2.32. The Kier molecular flexibility index (Phi) is 6.01. The summed E-state index contributed by atoms with van der Waals surface area (Å²) >= 11 is 0. The average Bonchev–Trinajstić information content (AvgIpc) is 3.29. The third kappa shape index (κ3) is 4.60. The molecule has 3 heterocycles. The lowest BCUT2D eigenvalue weighted by Gasteiger charge is -2.31. The molecule has 1 aliphatic rings. The van der Waals surface area contributed by atoms with Gasteiger partial charge < -0.3 is 19.1 Å². The zero-order chi connectivity index (χ0) is 21.8. The van der Waals surface area contributed by atoms with Crippen molar-refractivity contribution in [2.24, 2.45) is 0 Å². The predicted octanol–water partition coefficient (Wildman–Crippen LogP) is 2.88. The zero-order valence-electron chi connectivity index (χ0n) is 17.8. The summed E-state index contributed by atoms with van der Waals surface area (Å²) < 4.78 is 16.7. The maximum atomic E-state index is 13.0. The number of ether oxygens (including phenoxy) is 3. The second-order valence-electron chi connectivity index (χ2n) is 7.28. The number of likely N-dealkylation sites (tertiary alicyclic amines) is 1. The smallest absolute Gasteiger partial charge is 0.271 e. The van der Waals surface area contributed by atoms with Crippen LogP contribution in [0.5, 0.6) is 17.4 Å². The van der Waals surface area contributed by atoms with Gasteiger partial charge >= 0.3 is 0 Å². The van der Waals surface area contributed by atoms with Crippen LogP contribution in [0, 0.1) is 6.92 Å². The molecule has 0 aliphatic carbocycles. The number of nitrogens with one attached hydrogen (secondary N) is 1. The number of methoxy groups -OCH3 is 2. The van der Waals surface area contributed by atoms with E-state index in [9.17, 15) is 4.79 Å². The summed E-state index contributed by atoms with van der Waals surface area (Å²) in [5.41, 5.74) is 1.81. The van der Waals surface area contributed by atoms with Gasteiger partial charge in [0.2, 0.25) is 5.88 Å². The van der Waals surface area contributed by atoms with Crippen LogP contribution in [0.4, 0.5) is 0 Å². The summed E-state index contributed by atoms with van der Waals surface area (Å²) in [5.74, 6) is 2.50. The number of aromatic nitrogens is 4. The van der Waals surface area contributed by atoms with Gasteiger partial charge in [-0.1, -0.05) is 0 Å². The summed E-state index contributed by atoms with van der Waals surface area (Å²) in [6.45, 7) is 3.03. The fraction of sp³-hybridized carbons (Fsp3) is 0.364. The zero-order valence-corrected chi connectivity index (χ0v) is 17.8. The van der Waals surface area contributed by atoms with Crippen LogP contribution in [0.15, 0.2) is 36.5 Å². The highest BCUT2D eigenvalue weighted by Gasteiger charge is 2.26. The van der Waals surface area contributed by atoms with E-state index < -0.39 is 0 Å². The number of rotatable bonds is 6. The van der Waals surface area contributed by atoms with Gasteiger partial charge in [-0.25, -0.2) is 4.98 Å². The second-order valence-corrected chi connectivity index (χ2v) is 7.28. The number of benzene rings is 1. The van der Waals surface area contributed by atoms with Crippen LogP contribution in [0.25, 0.3) is 11.3 Å². The van der Waals surface area contributed by atoms with Crippen molar-refractivity contribution in [1.82, 2.24) is 25.1 Å². The van der Waals surface area contributed by atoms with Crippen molar-refractivity contribution in [2.45, 2.75) is 25.9 Å². The Morgan fingerprint density at radius 3 is 2.65 bits per heavy atom. The van der Waals surface area contributed by atoms with E-state index in [4.69, 9.17) is 14.2 Å². The Bertz CT molecular complexity index is 1060. The normalized spacial score (nSPS) is 14.4. The number of carbonyl (C=O) groups excluding carboxylic acids is 1. The van der Waals surface area contributed by atoms with Crippen molar-refractivity contribution in [1.29, 1.82) is 0 Å². The number of nitrogens with zero attached hydrogens (tertiary/aromatic N) is 4. The first kappa shape index (κ1) is 20.6. The molecule has 1 amide bonds. The van der Waals surface area contributed by atoms with Crippen molar-refractivity contribution >= 4 is 5.91 Å². The molecule has 4 rings (SSSR count). The van der Waals surface area contributed by atoms with Gasteiger partial charge in [-0.05, 0) is 31.2 Å². The standard InChI is InChI=1S/C22H25N5O4/c1-14-23-9-6-21(24-14)31-15-7-10-27(11-8-15)22(28)19-13-18(25-26-19)17-12-16(29-2)4-5-20(17)30-3/h4-6,9,12-13,15H,7-8,10-11H2,1-3H3,(H,25,26). The minimum Gasteiger partial charge on any atom is -0.497 e. The lowest BCUT2D eigenvalue weighted by molar-refractivity contribution is 0.0582. The van der Waals surface area contributed by atoms with Crippen LogP contribution in [-0.2, 0) is 0 Å². The van der Waals surface area contributed by atoms with Crippen molar-refractivity contribution in [3.63, 3.8) is 0 Å². The maximum absolute atomic E-state index is 13.0. The van der Waals surface area contributed by atoms with Gasteiger partial charge in [0.05, 0.1) is 19.9 Å². The molecule has 0 radical (unpaired) electrons. The highest BCUT2D eigenvalue weighted by atomic mass is 16.5. The van der Waals surface area contributed by atoms with Gasteiger partial charge in [0.25, 0.3) is 5.91 Å². The first-order valence-electron chi connectivity index (χ1n) is 10.1. The van der Waals surface area contributed by atoms with Gasteiger partial charge in [-0.2, -0.15) is 10.1 Å². The fourth-order valence-corrected chi connectivity index (χ4v) is 3.60. The number of amides is 1. The van der Waals surface area contributed by atoms with Gasteiger partial charge in [0.1, 0.15) is 29.1 Å². The van der Waals surface area contributed by atoms with Crippen LogP contribution in [0.1, 0.15) is 29.2 Å². The molecule has 0 spiro atoms. The Morgan fingerprint density at radius 1 is 1.13 bits per heavy atom. The summed E-state index contributed by atoms with van der Waals surface area (Å²) in [4.78, 5) is 23.1. The minimum atomic E-state index is -0.0862. The largest absolute Gasteiger partial charge is 0.497 e. The minimum absolute atomic E-state index is 0.0247. The summed E-state index contributed by atoms with van der Waals surface area (Å²) in [5, 5.41) is 7.18. The molecule has 1 saturated heterocycles. The van der Waals surface area contributed by atoms with Crippen LogP contribution in [0.3, 0.4) is 0 Å². The highest BCUT2D eigenvalue weighted by molar-refractivity contribution is 5.93. The Labute approximate surface area is 180 Å². The second kappa shape index (κ2) is 9.03. The predicted molar refractivity (Wildman–Crippen MR) is 113 cm³/mol. The molecule has 9 nitrogen and oxygen atoms in total. The van der Waals surface area contributed by atoms with Crippen LogP contribution in [0.2, 0.25) is 0 Å². The van der Waals surface area contributed by atoms with Crippen LogP contribution < -0.4 is 14.2 Å². The number of H-pyrrole nitrogens is 1. The summed E-state index contributed by atoms with van der Waals surface area (Å²) in [6.07, 6.45) is 3.18. The molecule has 1 N–H and O–H groups in total. The van der Waals surface area contributed by atoms with E-state index in [1.165, 1.54) is 0 Å². The molecule has 0 bridgehead atoms. The maximum Gasteiger partial charge on any atom is 0.271 e. The van der Waals surface area contributed by atoms with Crippen LogP contribution in [-0.4, -0.2) is 64.4 Å². The SMILES string of the molecule is COc1ccc(OC)c(-c2cc(C(=O)N3CCC(Oc4ccnc(C)n4)CC3)[nH]n2)c1. The topological polar surface area (TPSA) is 102 Å². The van der Waals surface area contributed by atoms with Gasteiger partial charge in [0.15, 0.2) is 0 Å². The molecule has 1 aliphatic heterocycles. The Hall–Kier alpha value is -3.62. The van der Waals surface area contributed by atoms with E-state index in [1.54, 1.807) is 32.5 Å². The van der Waals surface area contributed by atoms with Crippen molar-refractivity contribution < 1.29 is 19.0 Å². The molecule has 31 heavy (non-hydrogen) atoms. The van der Waals surface area contributed by atoms with Gasteiger partial charge in [0, 0.05) is 43.8 Å². The molecular formula is C22H25N5O4. The van der Waals surface area contributed by atoms with E-state index in [1.807, 2.05) is 30.0 Å². The molecule has 2 aromatic heterocycles. The van der Waals surface area contributed by atoms with E-state index >= 15 is 0 Å². The summed E-state index contributed by atoms with van der Waals surface area (Å²) in [7, 11) is 3.20. The molecule has 0 atom stereocenters. The molecule has 0 saturated carbocycles. The van der Waals surface area contributed by atoms with Gasteiger partial charge in [-0.15, -0.1) is 0 Å². The number of piperidine rings is 1. The first-order chi connectivity index (χ1) is 15.1. The lowest BCUT2D eigenvalue weighted by atomic mass is 10.1. The quantitative estimate of drug-likeness (QED) is 0.650. The van der Waals surface area contributed by atoms with E-state index in [2.05, 4.69) is 20.2 Å². The van der Waals surface area contributed by atoms with E-state index in [0.29, 0.717) is 47.7 Å². The number of hydrogen-bond donors (Lipinski definition) is 1. The van der Waals surface area contributed by atoms with Gasteiger partial charge in [-0.3, -0.25) is 9.89 Å². The molecule has 1 fully saturated rings. The third-order valence-electron chi connectivity index (χ3n) is 5.26. The molecule has 1 aromatic carbocycles. The third-order valence-corrected chi connectivity index (χ3v) is 5.26. The lowest BCUT2D eigenvalue weighted by Crippen LogP contribution is -2.42. The summed E-state index contributed by atoms with van der Waals surface area (Å²) in [6, 6.07) is 8.96. The van der Waals surface area contributed by atoms with E-state index in [0.717, 1.165) is 18.4 Å². The molecule has 9 heteroatoms. The monoisotopic (exact) mass is 423 g/mol. The fourth-order valence-electron chi connectivity index (χ4n) is 3.60. The van der Waals surface area contributed by atoms with Crippen molar-refractivity contribution in [3.8, 4) is 28.6 Å². The van der Waals surface area contributed by atoms with Crippen molar-refractivity contribution in [2.75, 3.05) is 27.3 Å². The molecule has 3 aromatic rings. The average molecular weight is 423 g/mol. The van der Waals surface area contributed by atoms with E-state index in [-0.39, 0.29) is 12.0 Å². The number of hydrogen-bond acceptors (Lipinski definition) is 7. The Balaban J connectivity index is 1.41. The number of carbonyl (C=O) groups is 1. The van der Waals surface area contributed by atoms with Crippen LogP contribution >= 0.6 is 0 Å². The van der Waals surface area contributed by atoms with Crippen molar-refractivity contribution in [3.05, 3.63) is 48.0 Å². The molecule has 162 valence electrons.